The van der Waals surface area contributed by atoms with Crippen molar-refractivity contribution in [1.82, 2.24) is 24.8 Å². The number of imidazole rings is 1. The first-order valence-corrected chi connectivity index (χ1v) is 9.21. The van der Waals surface area contributed by atoms with E-state index >= 15 is 0 Å². The molecule has 138 valence electrons. The summed E-state index contributed by atoms with van der Waals surface area (Å²) >= 11 is 0. The second-order valence-corrected chi connectivity index (χ2v) is 6.36. The number of hydrogen-bond acceptors (Lipinski definition) is 4. The van der Waals surface area contributed by atoms with Crippen molar-refractivity contribution in [2.75, 3.05) is 13.1 Å². The summed E-state index contributed by atoms with van der Waals surface area (Å²) in [7, 11) is 0. The molecule has 7 nitrogen and oxygen atoms in total. The Morgan fingerprint density at radius 2 is 1.92 bits per heavy atom. The average Bonchev–Trinajstić information content (AvgIpc) is 3.07. The lowest BCUT2D eigenvalue weighted by atomic mass is 10.1. The number of carbonyl (C=O) groups excluding carboxylic acids is 2. The zero-order chi connectivity index (χ0) is 18.5. The van der Waals surface area contributed by atoms with Gasteiger partial charge in [-0.25, -0.2) is 4.98 Å². The largest absolute Gasteiger partial charge is 0.345 e. The van der Waals surface area contributed by atoms with E-state index in [1.165, 1.54) is 0 Å². The van der Waals surface area contributed by atoms with Crippen LogP contribution in [-0.2, 0) is 19.5 Å². The fraction of sp³-hybridized carbons (Fsp3) is 0.474. The summed E-state index contributed by atoms with van der Waals surface area (Å²) in [5.41, 5.74) is 2.29. The molecule has 1 N–H and O–H groups in total. The maximum atomic E-state index is 12.8. The number of nitrogens with one attached hydrogen (secondary N) is 1. The Morgan fingerprint density at radius 1 is 1.19 bits per heavy atom. The lowest BCUT2D eigenvalue weighted by molar-refractivity contribution is 0.0766. The van der Waals surface area contributed by atoms with Crippen LogP contribution in [0.4, 0.5) is 0 Å². The Labute approximate surface area is 153 Å². The topological polar surface area (TPSA) is 80.1 Å². The van der Waals surface area contributed by atoms with Gasteiger partial charge in [-0.2, -0.15) is 0 Å². The maximum absolute atomic E-state index is 12.8. The summed E-state index contributed by atoms with van der Waals surface area (Å²) < 4.78 is 1.92. The highest BCUT2D eigenvalue weighted by Crippen LogP contribution is 2.22. The molecule has 7 heteroatoms. The van der Waals surface area contributed by atoms with E-state index in [1.54, 1.807) is 17.3 Å². The zero-order valence-electron chi connectivity index (χ0n) is 15.4. The first-order chi connectivity index (χ1) is 12.7. The van der Waals surface area contributed by atoms with E-state index in [4.69, 9.17) is 0 Å². The van der Waals surface area contributed by atoms with Gasteiger partial charge in [-0.3, -0.25) is 14.6 Å². The molecule has 3 rings (SSSR count). The lowest BCUT2D eigenvalue weighted by Crippen LogP contribution is -2.31. The van der Waals surface area contributed by atoms with Crippen molar-refractivity contribution >= 4 is 11.8 Å². The fourth-order valence-electron chi connectivity index (χ4n) is 3.31. The number of hydrogen-bond donors (Lipinski definition) is 1. The third-order valence-electron chi connectivity index (χ3n) is 4.78. The molecule has 0 bridgehead atoms. The Bertz CT molecular complexity index is 781. The van der Waals surface area contributed by atoms with Gasteiger partial charge < -0.3 is 14.8 Å². The minimum atomic E-state index is -0.247. The van der Waals surface area contributed by atoms with E-state index in [0.29, 0.717) is 31.2 Å². The fourth-order valence-corrected chi connectivity index (χ4v) is 3.31. The Balaban J connectivity index is 1.85. The number of carbonyl (C=O) groups is 2. The second kappa shape index (κ2) is 8.12. The van der Waals surface area contributed by atoms with E-state index in [0.717, 1.165) is 37.1 Å². The Kier molecular flexibility index (Phi) is 5.65. The van der Waals surface area contributed by atoms with E-state index in [2.05, 4.69) is 15.3 Å². The minimum absolute atomic E-state index is 0.0890. The molecular formula is C19H25N5O2. The first kappa shape index (κ1) is 18.1. The molecule has 1 aliphatic rings. The van der Waals surface area contributed by atoms with Crippen LogP contribution in [0.3, 0.4) is 0 Å². The molecule has 0 spiro atoms. The number of fused-ring (bicyclic) bond motifs is 1. The van der Waals surface area contributed by atoms with Crippen LogP contribution in [0, 0.1) is 0 Å². The predicted molar refractivity (Wildman–Crippen MR) is 97.8 cm³/mol. The highest BCUT2D eigenvalue weighted by atomic mass is 16.2. The van der Waals surface area contributed by atoms with Gasteiger partial charge in [0.25, 0.3) is 11.8 Å². The van der Waals surface area contributed by atoms with E-state index in [1.807, 2.05) is 30.5 Å². The number of rotatable bonds is 6. The molecule has 0 aliphatic carbocycles. The number of nitrogens with zero attached hydrogens (tertiary/aromatic N) is 4. The van der Waals surface area contributed by atoms with E-state index in [9.17, 15) is 9.59 Å². The van der Waals surface area contributed by atoms with Gasteiger partial charge in [0.2, 0.25) is 0 Å². The predicted octanol–water partition coefficient (Wildman–Crippen LogP) is 2.03. The van der Waals surface area contributed by atoms with Crippen molar-refractivity contribution in [3.8, 4) is 0 Å². The average molecular weight is 355 g/mol. The molecule has 0 radical (unpaired) electrons. The summed E-state index contributed by atoms with van der Waals surface area (Å²) in [6.07, 6.45) is 6.18. The Morgan fingerprint density at radius 3 is 2.62 bits per heavy atom. The van der Waals surface area contributed by atoms with Crippen LogP contribution in [0.15, 0.2) is 24.5 Å². The zero-order valence-corrected chi connectivity index (χ0v) is 15.4. The number of amides is 2. The van der Waals surface area contributed by atoms with Crippen molar-refractivity contribution in [2.45, 2.75) is 46.2 Å². The normalized spacial score (nSPS) is 13.2. The van der Waals surface area contributed by atoms with E-state index < -0.39 is 0 Å². The van der Waals surface area contributed by atoms with Crippen molar-refractivity contribution in [2.24, 2.45) is 0 Å². The van der Waals surface area contributed by atoms with Crippen LogP contribution < -0.4 is 5.32 Å². The molecular weight excluding hydrogens is 330 g/mol. The van der Waals surface area contributed by atoms with E-state index in [-0.39, 0.29) is 11.8 Å². The third kappa shape index (κ3) is 3.61. The van der Waals surface area contributed by atoms with Gasteiger partial charge in [0.05, 0.1) is 5.69 Å². The maximum Gasteiger partial charge on any atom is 0.287 e. The molecule has 0 fully saturated rings. The first-order valence-electron chi connectivity index (χ1n) is 9.21. The summed E-state index contributed by atoms with van der Waals surface area (Å²) in [6, 6.07) is 3.72. The number of pyridine rings is 1. The van der Waals surface area contributed by atoms with Crippen LogP contribution in [0.2, 0.25) is 0 Å². The number of aromatic nitrogens is 3. The van der Waals surface area contributed by atoms with Crippen LogP contribution >= 0.6 is 0 Å². The van der Waals surface area contributed by atoms with Crippen molar-refractivity contribution in [1.29, 1.82) is 0 Å². The SMILES string of the molecule is CCN(CC)C(=O)c1nc(C(=O)NCc2ccncc2)n2c1CCCC2. The third-order valence-corrected chi connectivity index (χ3v) is 4.78. The van der Waals surface area contributed by atoms with Crippen LogP contribution in [0.1, 0.15) is 59.1 Å². The van der Waals surface area contributed by atoms with Crippen molar-refractivity contribution < 1.29 is 9.59 Å². The Hall–Kier alpha value is -2.70. The highest BCUT2D eigenvalue weighted by molar-refractivity contribution is 5.97. The standard InChI is InChI=1S/C19H25N5O2/c1-3-23(4-2)19(26)16-15-7-5-6-12-24(15)17(22-16)18(25)21-13-14-8-10-20-11-9-14/h8-11H,3-7,12-13H2,1-2H3,(H,21,25). The smallest absolute Gasteiger partial charge is 0.287 e. The summed E-state index contributed by atoms with van der Waals surface area (Å²) in [5.74, 6) is 0.00153. The lowest BCUT2D eigenvalue weighted by Gasteiger charge is -2.20. The quantitative estimate of drug-likeness (QED) is 0.860. The van der Waals surface area contributed by atoms with Gasteiger partial charge in [-0.05, 0) is 50.8 Å². The molecule has 2 amide bonds. The molecule has 0 saturated heterocycles. The van der Waals surface area contributed by atoms with Crippen molar-refractivity contribution in [3.05, 3.63) is 47.3 Å². The van der Waals surface area contributed by atoms with Crippen LogP contribution in [0.5, 0.6) is 0 Å². The highest BCUT2D eigenvalue weighted by Gasteiger charge is 2.29. The summed E-state index contributed by atoms with van der Waals surface area (Å²) in [5, 5.41) is 2.90. The molecule has 26 heavy (non-hydrogen) atoms. The van der Waals surface area contributed by atoms with Gasteiger partial charge in [-0.15, -0.1) is 0 Å². The van der Waals surface area contributed by atoms with Gasteiger partial charge in [0, 0.05) is 38.6 Å². The van der Waals surface area contributed by atoms with Gasteiger partial charge in [0.15, 0.2) is 5.82 Å². The molecule has 2 aromatic heterocycles. The van der Waals surface area contributed by atoms with Gasteiger partial charge in [0.1, 0.15) is 5.69 Å². The molecule has 0 atom stereocenters. The minimum Gasteiger partial charge on any atom is -0.345 e. The molecule has 0 unspecified atom stereocenters. The molecule has 3 heterocycles. The monoisotopic (exact) mass is 355 g/mol. The van der Waals surface area contributed by atoms with Crippen LogP contribution in [-0.4, -0.2) is 44.3 Å². The molecule has 1 aliphatic heterocycles. The van der Waals surface area contributed by atoms with Gasteiger partial charge in [-0.1, -0.05) is 0 Å². The second-order valence-electron chi connectivity index (χ2n) is 6.36. The molecule has 0 aromatic carbocycles. The summed E-state index contributed by atoms with van der Waals surface area (Å²) in [6.45, 7) is 6.30. The summed E-state index contributed by atoms with van der Waals surface area (Å²) in [4.78, 5) is 35.7. The molecule has 2 aromatic rings. The van der Waals surface area contributed by atoms with Gasteiger partial charge >= 0.3 is 0 Å². The molecule has 0 saturated carbocycles. The van der Waals surface area contributed by atoms with Crippen LogP contribution in [0.25, 0.3) is 0 Å². The van der Waals surface area contributed by atoms with Crippen molar-refractivity contribution in [3.63, 3.8) is 0 Å².